The lowest BCUT2D eigenvalue weighted by Crippen LogP contribution is -2.02. The number of hydrogen-bond acceptors (Lipinski definition) is 4. The summed E-state index contributed by atoms with van der Waals surface area (Å²) < 4.78 is 29.8. The summed E-state index contributed by atoms with van der Waals surface area (Å²) in [6.07, 6.45) is 0. The third-order valence-corrected chi connectivity index (χ3v) is 2.35. The number of carboxylic acids is 1. The maximum atomic E-state index is 10.6. The highest BCUT2D eigenvalue weighted by Gasteiger charge is 2.16. The summed E-state index contributed by atoms with van der Waals surface area (Å²) in [5, 5.41) is 18.2. The number of aromatic carboxylic acids is 1. The van der Waals surface area contributed by atoms with E-state index in [4.69, 9.17) is 26.4 Å². The fraction of sp³-hybridized carbons (Fsp3) is 0.100. The van der Waals surface area contributed by atoms with E-state index in [9.17, 15) is 13.2 Å². The van der Waals surface area contributed by atoms with E-state index in [1.165, 1.54) is 0 Å². The van der Waals surface area contributed by atoms with Crippen molar-refractivity contribution in [3.8, 4) is 5.75 Å². The molecule has 18 heavy (non-hydrogen) atoms. The average Bonchev–Trinajstić information content (AvgIpc) is 2.14. The van der Waals surface area contributed by atoms with Crippen molar-refractivity contribution in [2.45, 2.75) is 11.8 Å². The number of benzene rings is 1. The zero-order valence-electron chi connectivity index (χ0n) is 9.29. The second kappa shape index (κ2) is 6.39. The highest BCUT2D eigenvalue weighted by molar-refractivity contribution is 7.85. The molecule has 0 unspecified atom stereocenters. The minimum atomic E-state index is -4.45. The van der Waals surface area contributed by atoms with E-state index in [-0.39, 0.29) is 0 Å². The van der Waals surface area contributed by atoms with Crippen molar-refractivity contribution in [1.29, 1.82) is 0 Å². The highest BCUT2D eigenvalue weighted by Crippen LogP contribution is 2.20. The Morgan fingerprint density at radius 1 is 1.39 bits per heavy atom. The quantitative estimate of drug-likeness (QED) is 0.720. The molecular formula is C10H11ClO6S. The van der Waals surface area contributed by atoms with Crippen LogP contribution in [0, 0.1) is 0 Å². The maximum Gasteiger partial charge on any atom is 0.339 e. The Labute approximate surface area is 109 Å². The number of rotatable bonds is 2. The van der Waals surface area contributed by atoms with E-state index >= 15 is 0 Å². The molecule has 0 saturated heterocycles. The first kappa shape index (κ1) is 16.4. The van der Waals surface area contributed by atoms with Crippen LogP contribution in [0.5, 0.6) is 5.75 Å². The van der Waals surface area contributed by atoms with Gasteiger partial charge < -0.3 is 10.2 Å². The largest absolute Gasteiger partial charge is 0.507 e. The smallest absolute Gasteiger partial charge is 0.339 e. The fourth-order valence-corrected chi connectivity index (χ4v) is 1.35. The number of allylic oxidation sites excluding steroid dienone is 1. The molecule has 3 N–H and O–H groups in total. The third-order valence-electron chi connectivity index (χ3n) is 1.50. The van der Waals surface area contributed by atoms with Gasteiger partial charge in [0.2, 0.25) is 0 Å². The number of halogens is 1. The van der Waals surface area contributed by atoms with Crippen molar-refractivity contribution in [3.05, 3.63) is 35.4 Å². The molecular weight excluding hydrogens is 284 g/mol. The average molecular weight is 295 g/mol. The molecule has 1 aromatic carbocycles. The van der Waals surface area contributed by atoms with E-state index in [1.54, 1.807) is 6.92 Å². The molecule has 1 aromatic rings. The van der Waals surface area contributed by atoms with Gasteiger partial charge >= 0.3 is 5.97 Å². The first-order valence-electron chi connectivity index (χ1n) is 4.40. The van der Waals surface area contributed by atoms with Crippen LogP contribution in [0.1, 0.15) is 17.3 Å². The first-order chi connectivity index (χ1) is 8.05. The van der Waals surface area contributed by atoms with Crippen LogP contribution in [0.3, 0.4) is 0 Å². The maximum absolute atomic E-state index is 10.6. The molecule has 0 aliphatic heterocycles. The van der Waals surface area contributed by atoms with E-state index in [2.05, 4.69) is 6.58 Å². The Balaban J connectivity index is 0.000000631. The van der Waals surface area contributed by atoms with Gasteiger partial charge in [-0.25, -0.2) is 4.79 Å². The molecule has 6 nitrogen and oxygen atoms in total. The molecule has 0 bridgehead atoms. The van der Waals surface area contributed by atoms with Crippen molar-refractivity contribution in [1.82, 2.24) is 0 Å². The van der Waals surface area contributed by atoms with Crippen molar-refractivity contribution in [2.75, 3.05) is 0 Å². The summed E-state index contributed by atoms with van der Waals surface area (Å²) in [7, 11) is -4.45. The summed E-state index contributed by atoms with van der Waals surface area (Å²) >= 11 is 5.08. The molecule has 0 spiro atoms. The highest BCUT2D eigenvalue weighted by atomic mass is 35.5. The van der Waals surface area contributed by atoms with Crippen LogP contribution in [0.4, 0.5) is 0 Å². The second-order valence-electron chi connectivity index (χ2n) is 3.14. The van der Waals surface area contributed by atoms with Crippen LogP contribution in [-0.2, 0) is 10.1 Å². The minimum absolute atomic E-state index is 0.565. The lowest BCUT2D eigenvalue weighted by Gasteiger charge is -2.01. The standard InChI is InChI=1S/C7H6O6S.C3H5Cl/c8-6-2-1-4(14(11,12)13)3-5(6)7(9)10;1-3(2)4/h1-3,8H,(H,9,10)(H,11,12,13);1H2,2H3. The third kappa shape index (κ3) is 5.67. The monoisotopic (exact) mass is 294 g/mol. The van der Waals surface area contributed by atoms with Crippen molar-refractivity contribution in [2.24, 2.45) is 0 Å². The van der Waals surface area contributed by atoms with Gasteiger partial charge in [-0.15, -0.1) is 0 Å². The Bertz CT molecular complexity index is 560. The molecule has 1 rings (SSSR count). The molecule has 0 atom stereocenters. The number of phenols is 1. The fourth-order valence-electron chi connectivity index (χ4n) is 0.847. The van der Waals surface area contributed by atoms with Gasteiger partial charge in [0, 0.05) is 5.03 Å². The van der Waals surface area contributed by atoms with Crippen LogP contribution >= 0.6 is 11.6 Å². The summed E-state index contributed by atoms with van der Waals surface area (Å²) in [5.74, 6) is -2.04. The summed E-state index contributed by atoms with van der Waals surface area (Å²) in [4.78, 5) is 9.89. The SMILES string of the molecule is C=C(C)Cl.O=C(O)c1cc(S(=O)(=O)O)ccc1O. The van der Waals surface area contributed by atoms with Crippen molar-refractivity contribution in [3.63, 3.8) is 0 Å². The van der Waals surface area contributed by atoms with Crippen LogP contribution in [-0.4, -0.2) is 29.2 Å². The molecule has 100 valence electrons. The lowest BCUT2D eigenvalue weighted by atomic mass is 10.2. The minimum Gasteiger partial charge on any atom is -0.507 e. The van der Waals surface area contributed by atoms with Gasteiger partial charge in [-0.05, 0) is 25.1 Å². The van der Waals surface area contributed by atoms with E-state index in [0.29, 0.717) is 11.1 Å². The molecule has 0 radical (unpaired) electrons. The molecule has 0 aliphatic rings. The number of aromatic hydroxyl groups is 1. The molecule has 0 heterocycles. The van der Waals surface area contributed by atoms with Gasteiger partial charge in [-0.1, -0.05) is 18.2 Å². The van der Waals surface area contributed by atoms with Crippen molar-refractivity contribution >= 4 is 27.7 Å². The molecule has 0 saturated carbocycles. The van der Waals surface area contributed by atoms with Crippen LogP contribution in [0.25, 0.3) is 0 Å². The Kier molecular flexibility index (Phi) is 5.83. The number of carbonyl (C=O) groups is 1. The molecule has 0 amide bonds. The zero-order valence-corrected chi connectivity index (χ0v) is 10.9. The number of carboxylic acid groups (broad SMARTS) is 1. The van der Waals surface area contributed by atoms with Gasteiger partial charge in [0.15, 0.2) is 0 Å². The predicted molar refractivity (Wildman–Crippen MR) is 65.5 cm³/mol. The molecule has 0 aromatic heterocycles. The van der Waals surface area contributed by atoms with Gasteiger partial charge in [0.25, 0.3) is 10.1 Å². The molecule has 8 heteroatoms. The summed E-state index contributed by atoms with van der Waals surface area (Å²) in [6.45, 7) is 5.06. The normalized spacial score (nSPS) is 10.2. The topological polar surface area (TPSA) is 112 Å². The van der Waals surface area contributed by atoms with E-state index in [1.807, 2.05) is 0 Å². The second-order valence-corrected chi connectivity index (χ2v) is 5.20. The first-order valence-corrected chi connectivity index (χ1v) is 6.22. The number of hydrogen-bond donors (Lipinski definition) is 3. The Morgan fingerprint density at radius 3 is 2.17 bits per heavy atom. The van der Waals surface area contributed by atoms with Gasteiger partial charge in [0.1, 0.15) is 11.3 Å². The van der Waals surface area contributed by atoms with Crippen LogP contribution in [0.2, 0.25) is 0 Å². The predicted octanol–water partition coefficient (Wildman–Crippen LogP) is 2.10. The lowest BCUT2D eigenvalue weighted by molar-refractivity contribution is 0.0693. The van der Waals surface area contributed by atoms with Crippen LogP contribution < -0.4 is 0 Å². The summed E-state index contributed by atoms with van der Waals surface area (Å²) in [6, 6.07) is 2.46. The van der Waals surface area contributed by atoms with Gasteiger partial charge in [-0.3, -0.25) is 4.55 Å². The molecule has 0 aliphatic carbocycles. The molecule has 0 fully saturated rings. The van der Waals surface area contributed by atoms with E-state index in [0.717, 1.165) is 12.1 Å². The Morgan fingerprint density at radius 2 is 1.83 bits per heavy atom. The zero-order chi connectivity index (χ0) is 14.5. The van der Waals surface area contributed by atoms with E-state index < -0.39 is 32.3 Å². The van der Waals surface area contributed by atoms with Gasteiger partial charge in [0.05, 0.1) is 4.90 Å². The Hall–Kier alpha value is -1.57. The summed E-state index contributed by atoms with van der Waals surface area (Å²) in [5.41, 5.74) is -0.583. The van der Waals surface area contributed by atoms with Gasteiger partial charge in [-0.2, -0.15) is 8.42 Å². The van der Waals surface area contributed by atoms with Crippen molar-refractivity contribution < 1.29 is 28.0 Å². The van der Waals surface area contributed by atoms with Crippen LogP contribution in [0.15, 0.2) is 34.7 Å².